The highest BCUT2D eigenvalue weighted by Gasteiger charge is 2.50. The lowest BCUT2D eigenvalue weighted by Crippen LogP contribution is -2.51. The Morgan fingerprint density at radius 1 is 1.25 bits per heavy atom. The summed E-state index contributed by atoms with van der Waals surface area (Å²) in [6.07, 6.45) is 7.17. The van der Waals surface area contributed by atoms with Gasteiger partial charge in [0.25, 0.3) is 0 Å². The smallest absolute Gasteiger partial charge is 0.0653 e. The van der Waals surface area contributed by atoms with Crippen molar-refractivity contribution in [1.29, 1.82) is 0 Å². The van der Waals surface area contributed by atoms with E-state index < -0.39 is 5.60 Å². The fraction of sp³-hybridized carbons (Fsp3) is 0.867. The minimum absolute atomic E-state index is 0.383. The van der Waals surface area contributed by atoms with Gasteiger partial charge >= 0.3 is 0 Å². The van der Waals surface area contributed by atoms with E-state index in [4.69, 9.17) is 0 Å². The van der Waals surface area contributed by atoms with Gasteiger partial charge in [-0.05, 0) is 63.2 Å². The van der Waals surface area contributed by atoms with Gasteiger partial charge in [-0.2, -0.15) is 0 Å². The first-order valence-corrected chi connectivity index (χ1v) is 6.73. The Bertz CT molecular complexity index is 292. The van der Waals surface area contributed by atoms with Crippen molar-refractivity contribution in [3.8, 4) is 0 Å². The molecule has 2 saturated carbocycles. The topological polar surface area (TPSA) is 20.2 Å². The molecule has 2 rings (SSSR count). The summed E-state index contributed by atoms with van der Waals surface area (Å²) in [7, 11) is 0. The SMILES string of the molecule is C=C(C)[C@H]1CC[C@]2(C)CCC[C@](C)(O)C2C1. The van der Waals surface area contributed by atoms with Crippen molar-refractivity contribution in [2.75, 3.05) is 0 Å². The number of rotatable bonds is 1. The van der Waals surface area contributed by atoms with E-state index in [0.29, 0.717) is 17.3 Å². The number of hydrogen-bond acceptors (Lipinski definition) is 1. The summed E-state index contributed by atoms with van der Waals surface area (Å²) in [4.78, 5) is 0. The minimum atomic E-state index is -0.443. The molecule has 2 fully saturated rings. The van der Waals surface area contributed by atoms with Gasteiger partial charge < -0.3 is 5.11 Å². The highest BCUT2D eigenvalue weighted by atomic mass is 16.3. The maximum Gasteiger partial charge on any atom is 0.0653 e. The average Bonchev–Trinajstić information content (AvgIpc) is 2.15. The van der Waals surface area contributed by atoms with Crippen LogP contribution in [0.2, 0.25) is 0 Å². The van der Waals surface area contributed by atoms with E-state index in [9.17, 15) is 5.11 Å². The molecule has 92 valence electrons. The van der Waals surface area contributed by atoms with E-state index in [2.05, 4.69) is 27.4 Å². The highest BCUT2D eigenvalue weighted by Crippen LogP contribution is 2.56. The summed E-state index contributed by atoms with van der Waals surface area (Å²) < 4.78 is 0. The molecule has 0 aromatic heterocycles. The first-order valence-electron chi connectivity index (χ1n) is 6.73. The second-order valence-electron chi connectivity index (χ2n) is 6.73. The molecule has 1 N–H and O–H groups in total. The zero-order valence-corrected chi connectivity index (χ0v) is 11.1. The predicted octanol–water partition coefficient (Wildman–Crippen LogP) is 3.92. The van der Waals surface area contributed by atoms with Gasteiger partial charge in [-0.1, -0.05) is 25.5 Å². The van der Waals surface area contributed by atoms with E-state index in [0.717, 1.165) is 12.8 Å². The second kappa shape index (κ2) is 3.87. The van der Waals surface area contributed by atoms with E-state index >= 15 is 0 Å². The third-order valence-corrected chi connectivity index (χ3v) is 5.30. The molecule has 0 heterocycles. The van der Waals surface area contributed by atoms with Crippen LogP contribution < -0.4 is 0 Å². The number of allylic oxidation sites excluding steroid dienone is 1. The minimum Gasteiger partial charge on any atom is -0.390 e. The molecule has 0 saturated heterocycles. The summed E-state index contributed by atoms with van der Waals surface area (Å²) in [5, 5.41) is 10.6. The Morgan fingerprint density at radius 2 is 1.94 bits per heavy atom. The normalized spacial score (nSPS) is 48.5. The van der Waals surface area contributed by atoms with Gasteiger partial charge in [-0.15, -0.1) is 0 Å². The van der Waals surface area contributed by atoms with Gasteiger partial charge in [0.1, 0.15) is 0 Å². The number of fused-ring (bicyclic) bond motifs is 1. The van der Waals surface area contributed by atoms with Crippen LogP contribution in [0.1, 0.15) is 59.3 Å². The molecule has 16 heavy (non-hydrogen) atoms. The molecule has 2 aliphatic rings. The number of aliphatic hydroxyl groups is 1. The fourth-order valence-electron chi connectivity index (χ4n) is 4.14. The summed E-state index contributed by atoms with van der Waals surface area (Å²) in [6.45, 7) is 10.7. The highest BCUT2D eigenvalue weighted by molar-refractivity contribution is 5.07. The van der Waals surface area contributed by atoms with Crippen LogP contribution in [0.5, 0.6) is 0 Å². The maximum atomic E-state index is 10.6. The molecular formula is C15H26O. The molecule has 0 aromatic rings. The van der Waals surface area contributed by atoms with Crippen LogP contribution in [0, 0.1) is 17.3 Å². The Hall–Kier alpha value is -0.300. The van der Waals surface area contributed by atoms with Crippen molar-refractivity contribution < 1.29 is 5.11 Å². The third kappa shape index (κ3) is 1.95. The lowest BCUT2D eigenvalue weighted by molar-refractivity contribution is -0.120. The van der Waals surface area contributed by atoms with Crippen LogP contribution >= 0.6 is 0 Å². The summed E-state index contributed by atoms with van der Waals surface area (Å²) >= 11 is 0. The molecule has 1 unspecified atom stereocenters. The first-order chi connectivity index (χ1) is 7.35. The van der Waals surface area contributed by atoms with Crippen molar-refractivity contribution in [3.05, 3.63) is 12.2 Å². The van der Waals surface area contributed by atoms with Gasteiger partial charge in [0.15, 0.2) is 0 Å². The van der Waals surface area contributed by atoms with Crippen molar-refractivity contribution in [2.45, 2.75) is 64.9 Å². The first kappa shape index (κ1) is 12.2. The Labute approximate surface area is 99.9 Å². The second-order valence-corrected chi connectivity index (χ2v) is 6.73. The molecule has 0 amide bonds. The van der Waals surface area contributed by atoms with Crippen LogP contribution in [-0.4, -0.2) is 10.7 Å². The van der Waals surface area contributed by atoms with Crippen LogP contribution in [0.25, 0.3) is 0 Å². The van der Waals surface area contributed by atoms with Crippen molar-refractivity contribution in [2.24, 2.45) is 17.3 Å². The molecular weight excluding hydrogens is 196 g/mol. The Balaban J connectivity index is 2.21. The predicted molar refractivity (Wildman–Crippen MR) is 68.2 cm³/mol. The quantitative estimate of drug-likeness (QED) is 0.667. The van der Waals surface area contributed by atoms with Crippen LogP contribution in [-0.2, 0) is 0 Å². The third-order valence-electron chi connectivity index (χ3n) is 5.30. The zero-order valence-electron chi connectivity index (χ0n) is 11.1. The molecule has 4 atom stereocenters. The van der Waals surface area contributed by atoms with Crippen LogP contribution in [0.15, 0.2) is 12.2 Å². The molecule has 1 heteroatoms. The molecule has 1 nitrogen and oxygen atoms in total. The van der Waals surface area contributed by atoms with Crippen molar-refractivity contribution >= 4 is 0 Å². The lowest BCUT2D eigenvalue weighted by Gasteiger charge is -2.54. The van der Waals surface area contributed by atoms with Gasteiger partial charge in [0.05, 0.1) is 5.60 Å². The molecule has 0 spiro atoms. The zero-order chi connectivity index (χ0) is 12.0. The summed E-state index contributed by atoms with van der Waals surface area (Å²) in [5.74, 6) is 1.12. The molecule has 0 radical (unpaired) electrons. The lowest BCUT2D eigenvalue weighted by atomic mass is 9.53. The summed E-state index contributed by atoms with van der Waals surface area (Å²) in [5.41, 5.74) is 1.25. The van der Waals surface area contributed by atoms with E-state index in [1.165, 1.54) is 31.3 Å². The summed E-state index contributed by atoms with van der Waals surface area (Å²) in [6, 6.07) is 0. The van der Waals surface area contributed by atoms with Crippen LogP contribution in [0.4, 0.5) is 0 Å². The molecule has 2 aliphatic carbocycles. The monoisotopic (exact) mass is 222 g/mol. The van der Waals surface area contributed by atoms with E-state index in [1.54, 1.807) is 0 Å². The van der Waals surface area contributed by atoms with Gasteiger partial charge in [0, 0.05) is 0 Å². The Morgan fingerprint density at radius 3 is 2.56 bits per heavy atom. The van der Waals surface area contributed by atoms with Crippen LogP contribution in [0.3, 0.4) is 0 Å². The van der Waals surface area contributed by atoms with E-state index in [1.807, 2.05) is 0 Å². The standard InChI is InChI=1S/C15H26O/c1-11(2)12-6-9-14(3)7-5-8-15(4,16)13(14)10-12/h12-13,16H,1,5-10H2,2-4H3/t12-,13?,14-,15-/m0/s1. The Kier molecular flexibility index (Phi) is 2.94. The molecule has 0 aliphatic heterocycles. The van der Waals surface area contributed by atoms with E-state index in [-0.39, 0.29) is 0 Å². The largest absolute Gasteiger partial charge is 0.390 e. The molecule has 0 aromatic carbocycles. The van der Waals surface area contributed by atoms with Gasteiger partial charge in [-0.3, -0.25) is 0 Å². The average molecular weight is 222 g/mol. The van der Waals surface area contributed by atoms with Gasteiger partial charge in [0.2, 0.25) is 0 Å². The van der Waals surface area contributed by atoms with Crippen molar-refractivity contribution in [3.63, 3.8) is 0 Å². The van der Waals surface area contributed by atoms with Crippen molar-refractivity contribution in [1.82, 2.24) is 0 Å². The maximum absolute atomic E-state index is 10.6. The number of hydrogen-bond donors (Lipinski definition) is 1. The molecule has 0 bridgehead atoms. The van der Waals surface area contributed by atoms with Gasteiger partial charge in [-0.25, -0.2) is 0 Å². The fourth-order valence-corrected chi connectivity index (χ4v) is 4.14.